The second-order valence-corrected chi connectivity index (χ2v) is 12.2. The summed E-state index contributed by atoms with van der Waals surface area (Å²) in [7, 11) is -2.35. The van der Waals surface area contributed by atoms with Crippen molar-refractivity contribution in [3.63, 3.8) is 0 Å². The molecule has 2 N–H and O–H groups in total. The summed E-state index contributed by atoms with van der Waals surface area (Å²) in [5.41, 5.74) is 2.35. The monoisotopic (exact) mass is 377 g/mol. The fourth-order valence-electron chi connectivity index (χ4n) is 4.58. The summed E-state index contributed by atoms with van der Waals surface area (Å²) in [6.07, 6.45) is 3.07. The molecule has 0 unspecified atom stereocenters. The molecule has 0 radical (unpaired) electrons. The number of nitrogens with zero attached hydrogens (tertiary/aromatic N) is 1. The molecule has 2 aliphatic heterocycles. The Labute approximate surface area is 157 Å². The van der Waals surface area contributed by atoms with Crippen LogP contribution in [0.4, 0.5) is 5.69 Å². The fourth-order valence-corrected chi connectivity index (χ4v) is 7.24. The minimum atomic E-state index is -2.35. The van der Waals surface area contributed by atoms with Gasteiger partial charge < -0.3 is 19.5 Å². The zero-order valence-corrected chi connectivity index (χ0v) is 17.0. The van der Waals surface area contributed by atoms with Gasteiger partial charge >= 0.3 is 0 Å². The average Bonchev–Trinajstić information content (AvgIpc) is 2.88. The summed E-state index contributed by atoms with van der Waals surface area (Å²) in [6, 6.07) is 8.20. The molecule has 0 saturated carbocycles. The van der Waals surface area contributed by atoms with Gasteiger partial charge in [0.15, 0.2) is 8.32 Å². The van der Waals surface area contributed by atoms with Crippen LogP contribution in [0.2, 0.25) is 18.6 Å². The van der Waals surface area contributed by atoms with Crippen LogP contribution in [0, 0.1) is 5.92 Å². The number of rotatable bonds is 7. The van der Waals surface area contributed by atoms with Gasteiger partial charge in [-0.25, -0.2) is 0 Å². The molecule has 3 rings (SSSR count). The van der Waals surface area contributed by atoms with Gasteiger partial charge in [-0.05, 0) is 56.0 Å². The number of β-lactam (4-membered cyclic amide) rings is 1. The third-order valence-corrected chi connectivity index (χ3v) is 8.45. The molecule has 0 aromatic heterocycles. The van der Waals surface area contributed by atoms with E-state index in [1.54, 1.807) is 0 Å². The van der Waals surface area contributed by atoms with E-state index in [4.69, 9.17) is 4.74 Å². The molecule has 1 amide bonds. The number of aliphatic hydroxyl groups is 1. The quantitative estimate of drug-likeness (QED) is 0.566. The Morgan fingerprint density at radius 3 is 2.62 bits per heavy atom. The van der Waals surface area contributed by atoms with Crippen LogP contribution < -0.4 is 4.90 Å². The number of carbonyl (C=O) groups is 1. The number of hydrogen-bond acceptors (Lipinski definition) is 4. The van der Waals surface area contributed by atoms with Crippen molar-refractivity contribution >= 4 is 19.9 Å². The molecular weight excluding hydrogens is 346 g/mol. The highest BCUT2D eigenvalue weighted by molar-refractivity contribution is 6.71. The van der Waals surface area contributed by atoms with E-state index in [1.165, 1.54) is 5.56 Å². The fraction of sp³-hybridized carbons (Fsp3) is 0.650. The van der Waals surface area contributed by atoms with E-state index in [-0.39, 0.29) is 30.3 Å². The Balaban J connectivity index is 1.64. The second-order valence-electron chi connectivity index (χ2n) is 8.27. The molecule has 2 fully saturated rings. The molecule has 1 aromatic carbocycles. The van der Waals surface area contributed by atoms with Crippen molar-refractivity contribution in [2.75, 3.05) is 18.1 Å². The van der Waals surface area contributed by atoms with E-state index in [2.05, 4.69) is 19.1 Å². The first-order valence-corrected chi connectivity index (χ1v) is 12.7. The minimum Gasteiger partial charge on any atom is -0.432 e. The molecule has 26 heavy (non-hydrogen) atoms. The summed E-state index contributed by atoms with van der Waals surface area (Å²) < 4.78 is 6.25. The van der Waals surface area contributed by atoms with Gasteiger partial charge in [-0.3, -0.25) is 4.79 Å². The van der Waals surface area contributed by atoms with E-state index in [0.717, 1.165) is 25.1 Å². The van der Waals surface area contributed by atoms with Gasteiger partial charge in [-0.15, -0.1) is 0 Å². The number of aryl methyl sites for hydroxylation is 1. The first-order valence-electron chi connectivity index (χ1n) is 9.69. The zero-order valence-electron chi connectivity index (χ0n) is 16.0. The van der Waals surface area contributed by atoms with Crippen molar-refractivity contribution < 1.29 is 19.4 Å². The van der Waals surface area contributed by atoms with Gasteiger partial charge in [-0.2, -0.15) is 0 Å². The van der Waals surface area contributed by atoms with Crippen molar-refractivity contribution in [2.24, 2.45) is 5.92 Å². The maximum Gasteiger partial charge on any atom is 0.228 e. The van der Waals surface area contributed by atoms with Gasteiger partial charge in [0.2, 0.25) is 5.91 Å². The predicted molar refractivity (Wildman–Crippen MR) is 105 cm³/mol. The van der Waals surface area contributed by atoms with Crippen LogP contribution in [0.25, 0.3) is 0 Å². The lowest BCUT2D eigenvalue weighted by molar-refractivity contribution is -0.122. The summed E-state index contributed by atoms with van der Waals surface area (Å²) in [6.45, 7) is 7.02. The average molecular weight is 378 g/mol. The van der Waals surface area contributed by atoms with E-state index in [0.29, 0.717) is 18.8 Å². The van der Waals surface area contributed by atoms with Crippen molar-refractivity contribution in [3.05, 3.63) is 29.8 Å². The number of aliphatic hydroxyl groups excluding tert-OH is 1. The molecule has 2 heterocycles. The zero-order chi connectivity index (χ0) is 18.9. The summed E-state index contributed by atoms with van der Waals surface area (Å²) in [4.78, 5) is 24.2. The van der Waals surface area contributed by atoms with E-state index in [9.17, 15) is 14.7 Å². The number of ether oxygens (including phenoxy) is 1. The SMILES string of the molecule is C[C@H]1[C@H]([Si](C)(C)O)[C@@H](CCO)O[C@H]1CCc1cccc(N2CCC2=O)c1. The number of benzene rings is 1. The number of carbonyl (C=O) groups excluding carboxylic acids is 1. The van der Waals surface area contributed by atoms with Gasteiger partial charge in [0.25, 0.3) is 0 Å². The molecular formula is C20H31NO4Si. The van der Waals surface area contributed by atoms with E-state index < -0.39 is 8.32 Å². The van der Waals surface area contributed by atoms with Crippen LogP contribution in [0.15, 0.2) is 24.3 Å². The van der Waals surface area contributed by atoms with Crippen LogP contribution >= 0.6 is 0 Å². The number of amides is 1. The Hall–Kier alpha value is -1.21. The highest BCUT2D eigenvalue weighted by Crippen LogP contribution is 2.45. The first-order chi connectivity index (χ1) is 12.3. The normalized spacial score (nSPS) is 29.1. The number of anilines is 1. The second kappa shape index (κ2) is 7.80. The van der Waals surface area contributed by atoms with Crippen LogP contribution in [0.3, 0.4) is 0 Å². The van der Waals surface area contributed by atoms with Crippen LogP contribution in [-0.2, 0) is 16.0 Å². The standard InChI is InChI=1S/C20H31NO4Si/c1-14-17(25-18(10-12-22)20(14)26(2,3)24)8-7-15-5-4-6-16(13-15)21-11-9-19(21)23/h4-6,13-14,17-18,20,22,24H,7-12H2,1-3H3/t14-,17+,18-,20+/m1/s1. The van der Waals surface area contributed by atoms with Crippen molar-refractivity contribution in [1.29, 1.82) is 0 Å². The van der Waals surface area contributed by atoms with Crippen molar-refractivity contribution in [3.8, 4) is 0 Å². The third-order valence-electron chi connectivity index (χ3n) is 5.92. The first kappa shape index (κ1) is 19.5. The smallest absolute Gasteiger partial charge is 0.228 e. The predicted octanol–water partition coefficient (Wildman–Crippen LogP) is 2.71. The topological polar surface area (TPSA) is 70.0 Å². The Bertz CT molecular complexity index is 645. The molecule has 1 aromatic rings. The molecule has 2 aliphatic rings. The molecule has 0 aliphatic carbocycles. The highest BCUT2D eigenvalue weighted by Gasteiger charge is 2.49. The third kappa shape index (κ3) is 4.03. The van der Waals surface area contributed by atoms with E-state index in [1.807, 2.05) is 30.1 Å². The summed E-state index contributed by atoms with van der Waals surface area (Å²) >= 11 is 0. The van der Waals surface area contributed by atoms with Gasteiger partial charge in [0.1, 0.15) is 0 Å². The maximum absolute atomic E-state index is 11.6. The lowest BCUT2D eigenvalue weighted by atomic mass is 9.95. The molecule has 0 bridgehead atoms. The Kier molecular flexibility index (Phi) is 5.87. The van der Waals surface area contributed by atoms with Gasteiger partial charge in [-0.1, -0.05) is 19.1 Å². The lowest BCUT2D eigenvalue weighted by Gasteiger charge is -2.31. The van der Waals surface area contributed by atoms with Gasteiger partial charge in [0.05, 0.1) is 12.2 Å². The molecule has 5 nitrogen and oxygen atoms in total. The number of hydrogen-bond donors (Lipinski definition) is 2. The highest BCUT2D eigenvalue weighted by atomic mass is 28.4. The molecule has 0 spiro atoms. The summed E-state index contributed by atoms with van der Waals surface area (Å²) in [5.74, 6) is 0.484. The molecule has 6 heteroatoms. The van der Waals surface area contributed by atoms with Crippen LogP contribution in [0.5, 0.6) is 0 Å². The van der Waals surface area contributed by atoms with Crippen LogP contribution in [0.1, 0.15) is 31.7 Å². The molecule has 144 valence electrons. The minimum absolute atomic E-state index is 0.0447. The van der Waals surface area contributed by atoms with Crippen LogP contribution in [-0.4, -0.2) is 49.5 Å². The van der Waals surface area contributed by atoms with E-state index >= 15 is 0 Å². The Morgan fingerprint density at radius 2 is 2.04 bits per heavy atom. The lowest BCUT2D eigenvalue weighted by Crippen LogP contribution is -2.43. The largest absolute Gasteiger partial charge is 0.432 e. The van der Waals surface area contributed by atoms with Gasteiger partial charge in [0, 0.05) is 30.8 Å². The molecule has 2 saturated heterocycles. The Morgan fingerprint density at radius 1 is 1.27 bits per heavy atom. The van der Waals surface area contributed by atoms with Crippen molar-refractivity contribution in [1.82, 2.24) is 0 Å². The molecule has 4 atom stereocenters. The maximum atomic E-state index is 11.6. The van der Waals surface area contributed by atoms with Crippen molar-refractivity contribution in [2.45, 2.75) is 63.5 Å². The summed E-state index contributed by atoms with van der Waals surface area (Å²) in [5, 5.41) is 9.35.